The number of fused-ring (bicyclic) bond motifs is 1. The number of halogens is 3. The first-order valence-electron chi connectivity index (χ1n) is 11.1. The summed E-state index contributed by atoms with van der Waals surface area (Å²) in [4.78, 5) is 20.6. The maximum absolute atomic E-state index is 15.3. The van der Waals surface area contributed by atoms with Crippen molar-refractivity contribution in [3.8, 4) is 22.6 Å². The van der Waals surface area contributed by atoms with Crippen molar-refractivity contribution >= 4 is 46.0 Å². The molecule has 2 aromatic carbocycles. The molecule has 1 heterocycles. The molecule has 0 bridgehead atoms. The van der Waals surface area contributed by atoms with Crippen molar-refractivity contribution in [2.24, 2.45) is 0 Å². The molecule has 10 heteroatoms. The van der Waals surface area contributed by atoms with Crippen LogP contribution in [0.15, 0.2) is 37.1 Å². The molecule has 35 heavy (non-hydrogen) atoms. The molecule has 1 saturated carbocycles. The number of carbonyl (C=O) groups excluding carboxylic acids is 1. The second-order valence-electron chi connectivity index (χ2n) is 8.23. The summed E-state index contributed by atoms with van der Waals surface area (Å²) in [6, 6.07) is 4.44. The van der Waals surface area contributed by atoms with Gasteiger partial charge in [0.2, 0.25) is 11.9 Å². The number of hydrogen-bond acceptors (Lipinski definition) is 6. The standard InChI is InChI=1S/C25H25Cl2FN4O3/c1-4-20(33)30-16-7-5-6-8-17(16)31-25-29-12-14-9-13(10-15(28)24(14)32-25)21-22(26)18(34-2)11-19(35-3)23(21)27/h4,9-12,16-17H,1,5-8H2,2-3H3,(H,30,33)(H,29,31,32)/t16-,17+/m0/s1. The Morgan fingerprint density at radius 1 is 1.11 bits per heavy atom. The molecular formula is C25H25Cl2FN4O3. The van der Waals surface area contributed by atoms with Crippen LogP contribution in [0.25, 0.3) is 22.0 Å². The van der Waals surface area contributed by atoms with Crippen molar-refractivity contribution in [2.45, 2.75) is 37.8 Å². The molecule has 1 aromatic heterocycles. The lowest BCUT2D eigenvalue weighted by Crippen LogP contribution is -2.48. The highest BCUT2D eigenvalue weighted by atomic mass is 35.5. The summed E-state index contributed by atoms with van der Waals surface area (Å²) in [6.45, 7) is 3.51. The van der Waals surface area contributed by atoms with Crippen LogP contribution in [0.1, 0.15) is 25.7 Å². The predicted molar refractivity (Wildman–Crippen MR) is 136 cm³/mol. The van der Waals surface area contributed by atoms with Gasteiger partial charge in [-0.3, -0.25) is 4.79 Å². The lowest BCUT2D eigenvalue weighted by molar-refractivity contribution is -0.117. The molecule has 1 fully saturated rings. The van der Waals surface area contributed by atoms with E-state index in [4.69, 9.17) is 32.7 Å². The lowest BCUT2D eigenvalue weighted by Gasteiger charge is -2.32. The van der Waals surface area contributed by atoms with Crippen molar-refractivity contribution < 1.29 is 18.7 Å². The second kappa shape index (κ2) is 10.7. The molecule has 1 aliphatic rings. The molecule has 0 spiro atoms. The van der Waals surface area contributed by atoms with E-state index in [1.165, 1.54) is 32.6 Å². The minimum Gasteiger partial charge on any atom is -0.495 e. The van der Waals surface area contributed by atoms with Gasteiger partial charge in [0.1, 0.15) is 22.8 Å². The van der Waals surface area contributed by atoms with Crippen LogP contribution in [0, 0.1) is 5.82 Å². The Hall–Kier alpha value is -3.10. The molecule has 3 aromatic rings. The smallest absolute Gasteiger partial charge is 0.243 e. The van der Waals surface area contributed by atoms with Gasteiger partial charge in [0.15, 0.2) is 0 Å². The van der Waals surface area contributed by atoms with Crippen LogP contribution in [0.3, 0.4) is 0 Å². The van der Waals surface area contributed by atoms with E-state index in [0.717, 1.165) is 25.7 Å². The van der Waals surface area contributed by atoms with Gasteiger partial charge in [-0.05, 0) is 36.6 Å². The molecule has 2 atom stereocenters. The average Bonchev–Trinajstić information content (AvgIpc) is 2.86. The van der Waals surface area contributed by atoms with Crippen molar-refractivity contribution in [3.63, 3.8) is 0 Å². The van der Waals surface area contributed by atoms with Crippen molar-refractivity contribution in [3.05, 3.63) is 52.9 Å². The van der Waals surface area contributed by atoms with Crippen molar-refractivity contribution in [1.82, 2.24) is 15.3 Å². The minimum atomic E-state index is -0.558. The number of ether oxygens (including phenoxy) is 2. The molecular weight excluding hydrogens is 494 g/mol. The fourth-order valence-electron chi connectivity index (χ4n) is 4.34. The largest absolute Gasteiger partial charge is 0.495 e. The summed E-state index contributed by atoms with van der Waals surface area (Å²) in [5.41, 5.74) is 0.970. The Bertz CT molecular complexity index is 1260. The topological polar surface area (TPSA) is 85.4 Å². The van der Waals surface area contributed by atoms with Gasteiger partial charge < -0.3 is 20.1 Å². The maximum atomic E-state index is 15.3. The highest BCUT2D eigenvalue weighted by molar-refractivity contribution is 6.41. The van der Waals surface area contributed by atoms with E-state index in [-0.39, 0.29) is 39.5 Å². The molecule has 7 nitrogen and oxygen atoms in total. The first-order valence-corrected chi connectivity index (χ1v) is 11.9. The minimum absolute atomic E-state index is 0.0747. The molecule has 0 unspecified atom stereocenters. The fraction of sp³-hybridized carbons (Fsp3) is 0.320. The summed E-state index contributed by atoms with van der Waals surface area (Å²) in [6.07, 6.45) is 6.47. The molecule has 4 rings (SSSR count). The van der Waals surface area contributed by atoms with E-state index in [9.17, 15) is 4.79 Å². The molecule has 1 amide bonds. The van der Waals surface area contributed by atoms with Crippen molar-refractivity contribution in [2.75, 3.05) is 19.5 Å². The monoisotopic (exact) mass is 518 g/mol. The number of hydrogen-bond donors (Lipinski definition) is 2. The second-order valence-corrected chi connectivity index (χ2v) is 8.98. The Balaban J connectivity index is 1.69. The Morgan fingerprint density at radius 3 is 2.40 bits per heavy atom. The zero-order valence-electron chi connectivity index (χ0n) is 19.3. The molecule has 1 aliphatic carbocycles. The predicted octanol–water partition coefficient (Wildman–Crippen LogP) is 5.79. The number of benzene rings is 2. The van der Waals surface area contributed by atoms with Crippen LogP contribution in [0.4, 0.5) is 10.3 Å². The van der Waals surface area contributed by atoms with Crippen LogP contribution in [-0.2, 0) is 4.79 Å². The van der Waals surface area contributed by atoms with Crippen LogP contribution in [0.5, 0.6) is 11.5 Å². The van der Waals surface area contributed by atoms with Gasteiger partial charge in [0.25, 0.3) is 0 Å². The molecule has 0 aliphatic heterocycles. The lowest BCUT2D eigenvalue weighted by atomic mass is 9.90. The van der Waals surface area contributed by atoms with E-state index in [0.29, 0.717) is 28.0 Å². The zero-order chi connectivity index (χ0) is 25.1. The number of aromatic nitrogens is 2. The molecule has 0 saturated heterocycles. The van der Waals surface area contributed by atoms with Crippen LogP contribution >= 0.6 is 23.2 Å². The van der Waals surface area contributed by atoms with Gasteiger partial charge in [-0.15, -0.1) is 0 Å². The van der Waals surface area contributed by atoms with Gasteiger partial charge in [0.05, 0.1) is 24.3 Å². The van der Waals surface area contributed by atoms with E-state index < -0.39 is 5.82 Å². The number of rotatable bonds is 7. The molecule has 0 radical (unpaired) electrons. The number of carbonyl (C=O) groups is 1. The molecule has 2 N–H and O–H groups in total. The van der Waals surface area contributed by atoms with Gasteiger partial charge in [-0.2, -0.15) is 0 Å². The number of nitrogens with one attached hydrogen (secondary N) is 2. The summed E-state index contributed by atoms with van der Waals surface area (Å²) >= 11 is 13.0. The third-order valence-electron chi connectivity index (χ3n) is 6.09. The first-order chi connectivity index (χ1) is 16.9. The quantitative estimate of drug-likeness (QED) is 0.385. The van der Waals surface area contributed by atoms with Crippen LogP contribution in [0.2, 0.25) is 10.0 Å². The van der Waals surface area contributed by atoms with Crippen LogP contribution < -0.4 is 20.1 Å². The maximum Gasteiger partial charge on any atom is 0.243 e. The SMILES string of the molecule is C=CC(=O)N[C@H]1CCCC[C@H]1Nc1ncc2cc(-c3c(Cl)c(OC)cc(OC)c3Cl)cc(F)c2n1. The average molecular weight is 519 g/mol. The number of amides is 1. The first kappa shape index (κ1) is 25.0. The Morgan fingerprint density at radius 2 is 1.77 bits per heavy atom. The Labute approximate surface area is 212 Å². The fourth-order valence-corrected chi connectivity index (χ4v) is 5.06. The van der Waals surface area contributed by atoms with E-state index in [1.807, 2.05) is 0 Å². The zero-order valence-corrected chi connectivity index (χ0v) is 20.8. The van der Waals surface area contributed by atoms with Gasteiger partial charge in [-0.25, -0.2) is 14.4 Å². The van der Waals surface area contributed by atoms with E-state index in [2.05, 4.69) is 27.2 Å². The molecule has 184 valence electrons. The van der Waals surface area contributed by atoms with Crippen molar-refractivity contribution in [1.29, 1.82) is 0 Å². The number of nitrogens with zero attached hydrogens (tertiary/aromatic N) is 2. The summed E-state index contributed by atoms with van der Waals surface area (Å²) in [5.74, 6) is 0.202. The summed E-state index contributed by atoms with van der Waals surface area (Å²) in [5, 5.41) is 7.16. The number of methoxy groups -OCH3 is 2. The van der Waals surface area contributed by atoms with Gasteiger partial charge in [-0.1, -0.05) is 42.6 Å². The highest BCUT2D eigenvalue weighted by Gasteiger charge is 2.27. The van der Waals surface area contributed by atoms with Gasteiger partial charge >= 0.3 is 0 Å². The summed E-state index contributed by atoms with van der Waals surface area (Å²) < 4.78 is 25.9. The Kier molecular flexibility index (Phi) is 7.62. The number of anilines is 1. The highest BCUT2D eigenvalue weighted by Crippen LogP contribution is 2.46. The summed E-state index contributed by atoms with van der Waals surface area (Å²) in [7, 11) is 2.95. The van der Waals surface area contributed by atoms with Crippen LogP contribution in [-0.4, -0.2) is 42.2 Å². The van der Waals surface area contributed by atoms with E-state index >= 15 is 4.39 Å². The normalized spacial score (nSPS) is 17.6. The van der Waals surface area contributed by atoms with E-state index in [1.54, 1.807) is 12.1 Å². The third kappa shape index (κ3) is 5.13. The van der Waals surface area contributed by atoms with Gasteiger partial charge in [0, 0.05) is 35.3 Å². The third-order valence-corrected chi connectivity index (χ3v) is 6.84.